The predicted molar refractivity (Wildman–Crippen MR) is 81.9 cm³/mol. The molecular weight excluding hydrogens is 288 g/mol. The van der Waals surface area contributed by atoms with E-state index in [2.05, 4.69) is 30.6 Å². The Kier molecular flexibility index (Phi) is 3.37. The van der Waals surface area contributed by atoms with Crippen molar-refractivity contribution in [3.05, 3.63) is 48.5 Å². The second kappa shape index (κ2) is 5.34. The van der Waals surface area contributed by atoms with Crippen LogP contribution in [0.4, 0.5) is 0 Å². The molecule has 0 saturated heterocycles. The molecular formula is C14H11ClN6. The molecule has 6 nitrogen and oxygen atoms in total. The van der Waals surface area contributed by atoms with Crippen molar-refractivity contribution >= 4 is 23.4 Å². The molecule has 21 heavy (non-hydrogen) atoms. The molecule has 0 bridgehead atoms. The van der Waals surface area contributed by atoms with Gasteiger partial charge in [-0.1, -0.05) is 36.4 Å². The van der Waals surface area contributed by atoms with Crippen molar-refractivity contribution in [2.24, 2.45) is 0 Å². The molecule has 2 aromatic heterocycles. The van der Waals surface area contributed by atoms with Gasteiger partial charge in [-0.3, -0.25) is 0 Å². The van der Waals surface area contributed by atoms with E-state index in [0.29, 0.717) is 5.82 Å². The fourth-order valence-corrected chi connectivity index (χ4v) is 2.15. The van der Waals surface area contributed by atoms with Crippen LogP contribution in [0.25, 0.3) is 33.8 Å². The molecule has 0 spiro atoms. The molecule has 4 rings (SSSR count). The van der Waals surface area contributed by atoms with Crippen LogP contribution in [0.2, 0.25) is 0 Å². The monoisotopic (exact) mass is 298 g/mol. The lowest BCUT2D eigenvalue weighted by molar-refractivity contribution is 0.881. The Morgan fingerprint density at radius 2 is 1.62 bits per heavy atom. The van der Waals surface area contributed by atoms with E-state index >= 15 is 0 Å². The van der Waals surface area contributed by atoms with Crippen LogP contribution in [0.5, 0.6) is 0 Å². The second-order valence-corrected chi connectivity index (χ2v) is 4.42. The van der Waals surface area contributed by atoms with Gasteiger partial charge in [0.25, 0.3) is 0 Å². The molecule has 0 aliphatic rings. The molecule has 0 amide bonds. The zero-order valence-electron chi connectivity index (χ0n) is 10.8. The SMILES string of the molecule is Cl.c1ccc2[nH]c(-c3ccc(-c4nn[nH]n4)cc3)nc2c1. The van der Waals surface area contributed by atoms with Crippen molar-refractivity contribution < 1.29 is 0 Å². The lowest BCUT2D eigenvalue weighted by atomic mass is 10.1. The van der Waals surface area contributed by atoms with E-state index in [1.54, 1.807) is 0 Å². The lowest BCUT2D eigenvalue weighted by Gasteiger charge is -1.98. The maximum atomic E-state index is 4.57. The minimum Gasteiger partial charge on any atom is -0.338 e. The first-order valence-corrected chi connectivity index (χ1v) is 6.19. The molecule has 2 aromatic carbocycles. The van der Waals surface area contributed by atoms with Crippen LogP contribution >= 0.6 is 12.4 Å². The van der Waals surface area contributed by atoms with Gasteiger partial charge in [-0.15, -0.1) is 22.6 Å². The van der Waals surface area contributed by atoms with Crippen molar-refractivity contribution in [1.29, 1.82) is 0 Å². The molecule has 2 heterocycles. The van der Waals surface area contributed by atoms with Gasteiger partial charge in [-0.05, 0) is 17.3 Å². The first kappa shape index (κ1) is 13.3. The van der Waals surface area contributed by atoms with Crippen molar-refractivity contribution in [3.8, 4) is 22.8 Å². The van der Waals surface area contributed by atoms with Crippen LogP contribution in [0.15, 0.2) is 48.5 Å². The normalized spacial score (nSPS) is 10.5. The van der Waals surface area contributed by atoms with Gasteiger partial charge in [-0.2, -0.15) is 5.21 Å². The molecule has 4 aromatic rings. The van der Waals surface area contributed by atoms with E-state index < -0.39 is 0 Å². The third-order valence-corrected chi connectivity index (χ3v) is 3.15. The molecule has 0 aliphatic carbocycles. The number of aromatic nitrogens is 6. The van der Waals surface area contributed by atoms with Gasteiger partial charge >= 0.3 is 0 Å². The maximum absolute atomic E-state index is 4.57. The Morgan fingerprint density at radius 3 is 2.33 bits per heavy atom. The highest BCUT2D eigenvalue weighted by atomic mass is 35.5. The van der Waals surface area contributed by atoms with Gasteiger partial charge in [0.15, 0.2) is 0 Å². The van der Waals surface area contributed by atoms with E-state index in [1.165, 1.54) is 0 Å². The highest BCUT2D eigenvalue weighted by molar-refractivity contribution is 5.85. The standard InChI is InChI=1S/C14H10N6.ClH/c1-2-4-12-11(3-1)15-13(16-12)9-5-7-10(8-6-9)14-17-19-20-18-14;/h1-8H,(H,15,16)(H,17,18,19,20);1H. The number of fused-ring (bicyclic) bond motifs is 1. The number of nitrogens with zero attached hydrogens (tertiary/aromatic N) is 4. The quantitative estimate of drug-likeness (QED) is 0.596. The molecule has 7 heteroatoms. The van der Waals surface area contributed by atoms with Gasteiger partial charge in [0, 0.05) is 11.1 Å². The summed E-state index contributed by atoms with van der Waals surface area (Å²) in [5, 5.41) is 13.9. The summed E-state index contributed by atoms with van der Waals surface area (Å²) in [6.07, 6.45) is 0. The summed E-state index contributed by atoms with van der Waals surface area (Å²) in [7, 11) is 0. The second-order valence-electron chi connectivity index (χ2n) is 4.42. The minimum absolute atomic E-state index is 0. The van der Waals surface area contributed by atoms with Crippen molar-refractivity contribution in [3.63, 3.8) is 0 Å². The summed E-state index contributed by atoms with van der Waals surface area (Å²) in [6, 6.07) is 15.9. The predicted octanol–water partition coefficient (Wildman–Crippen LogP) is 2.83. The third kappa shape index (κ3) is 2.36. The first-order chi connectivity index (χ1) is 9.90. The van der Waals surface area contributed by atoms with Crippen LogP contribution < -0.4 is 0 Å². The molecule has 0 unspecified atom stereocenters. The number of benzene rings is 2. The van der Waals surface area contributed by atoms with Crippen LogP contribution in [0, 0.1) is 0 Å². The number of hydrogen-bond donors (Lipinski definition) is 2. The van der Waals surface area contributed by atoms with Crippen LogP contribution in [-0.2, 0) is 0 Å². The summed E-state index contributed by atoms with van der Waals surface area (Å²) < 4.78 is 0. The van der Waals surface area contributed by atoms with Crippen LogP contribution in [0.1, 0.15) is 0 Å². The Balaban J connectivity index is 0.00000132. The summed E-state index contributed by atoms with van der Waals surface area (Å²) in [5.41, 5.74) is 3.93. The number of para-hydroxylation sites is 2. The number of H-pyrrole nitrogens is 2. The summed E-state index contributed by atoms with van der Waals surface area (Å²) in [4.78, 5) is 7.88. The summed E-state index contributed by atoms with van der Waals surface area (Å²) in [5.74, 6) is 1.44. The van der Waals surface area contributed by atoms with Gasteiger partial charge < -0.3 is 4.98 Å². The average Bonchev–Trinajstić information content (AvgIpc) is 3.17. The van der Waals surface area contributed by atoms with E-state index in [1.807, 2.05) is 48.5 Å². The number of halogens is 1. The Hall–Kier alpha value is -2.73. The van der Waals surface area contributed by atoms with E-state index in [9.17, 15) is 0 Å². The topological polar surface area (TPSA) is 83.1 Å². The zero-order valence-corrected chi connectivity index (χ0v) is 11.6. The summed E-state index contributed by atoms with van der Waals surface area (Å²) in [6.45, 7) is 0. The minimum atomic E-state index is 0. The Morgan fingerprint density at radius 1 is 0.857 bits per heavy atom. The fourth-order valence-electron chi connectivity index (χ4n) is 2.15. The Bertz CT molecular complexity index is 818. The smallest absolute Gasteiger partial charge is 0.204 e. The van der Waals surface area contributed by atoms with E-state index in [0.717, 1.165) is 28.0 Å². The van der Waals surface area contributed by atoms with Gasteiger partial charge in [0.2, 0.25) is 5.82 Å². The lowest BCUT2D eigenvalue weighted by Crippen LogP contribution is -1.83. The zero-order chi connectivity index (χ0) is 13.4. The van der Waals surface area contributed by atoms with E-state index in [4.69, 9.17) is 0 Å². The first-order valence-electron chi connectivity index (χ1n) is 6.19. The number of tetrazole rings is 1. The van der Waals surface area contributed by atoms with Gasteiger partial charge in [0.1, 0.15) is 5.82 Å². The van der Waals surface area contributed by atoms with Crippen molar-refractivity contribution in [2.75, 3.05) is 0 Å². The molecule has 0 atom stereocenters. The molecule has 2 N–H and O–H groups in total. The highest BCUT2D eigenvalue weighted by Gasteiger charge is 2.06. The average molecular weight is 299 g/mol. The van der Waals surface area contributed by atoms with E-state index in [-0.39, 0.29) is 12.4 Å². The molecule has 104 valence electrons. The highest BCUT2D eigenvalue weighted by Crippen LogP contribution is 2.22. The largest absolute Gasteiger partial charge is 0.338 e. The number of nitrogens with one attached hydrogen (secondary N) is 2. The number of hydrogen-bond acceptors (Lipinski definition) is 4. The number of aromatic amines is 2. The molecule has 0 aliphatic heterocycles. The fraction of sp³-hybridized carbons (Fsp3) is 0. The van der Waals surface area contributed by atoms with Crippen molar-refractivity contribution in [2.45, 2.75) is 0 Å². The molecule has 0 fully saturated rings. The van der Waals surface area contributed by atoms with Gasteiger partial charge in [-0.25, -0.2) is 4.98 Å². The third-order valence-electron chi connectivity index (χ3n) is 3.15. The maximum Gasteiger partial charge on any atom is 0.204 e. The number of imidazole rings is 1. The number of rotatable bonds is 2. The molecule has 0 saturated carbocycles. The van der Waals surface area contributed by atoms with Gasteiger partial charge in [0.05, 0.1) is 11.0 Å². The van der Waals surface area contributed by atoms with Crippen LogP contribution in [0.3, 0.4) is 0 Å². The van der Waals surface area contributed by atoms with Crippen LogP contribution in [-0.4, -0.2) is 30.6 Å². The van der Waals surface area contributed by atoms with Crippen molar-refractivity contribution in [1.82, 2.24) is 30.6 Å². The Labute approximate surface area is 126 Å². The molecule has 0 radical (unpaired) electrons. The summed E-state index contributed by atoms with van der Waals surface area (Å²) >= 11 is 0.